The fraction of sp³-hybridized carbons (Fsp3) is 0.500. The molecule has 0 heterocycles. The summed E-state index contributed by atoms with van der Waals surface area (Å²) in [5, 5.41) is 9.88. The third-order valence-electron chi connectivity index (χ3n) is 2.30. The Kier molecular flexibility index (Phi) is 7.08. The van der Waals surface area contributed by atoms with Crippen LogP contribution in [0.25, 0.3) is 0 Å². The van der Waals surface area contributed by atoms with Gasteiger partial charge >= 0.3 is 11.9 Å². The van der Waals surface area contributed by atoms with Gasteiger partial charge in [-0.25, -0.2) is 9.59 Å². The molecule has 0 aromatic carbocycles. The van der Waals surface area contributed by atoms with Gasteiger partial charge in [0.1, 0.15) is 0 Å². The van der Waals surface area contributed by atoms with E-state index in [1.807, 2.05) is 0 Å². The third-order valence-corrected chi connectivity index (χ3v) is 2.30. The zero-order valence-corrected chi connectivity index (χ0v) is 11.5. The summed E-state index contributed by atoms with van der Waals surface area (Å²) in [5.41, 5.74) is -0.726. The molecule has 0 aliphatic rings. The lowest BCUT2D eigenvalue weighted by molar-refractivity contribution is -0.140. The Morgan fingerprint density at radius 1 is 1.00 bits per heavy atom. The van der Waals surface area contributed by atoms with Crippen molar-refractivity contribution in [3.05, 3.63) is 31.2 Å². The highest BCUT2D eigenvalue weighted by Gasteiger charge is 2.22. The molecule has 0 spiro atoms. The molecule has 0 amide bonds. The van der Waals surface area contributed by atoms with E-state index in [9.17, 15) is 14.7 Å². The van der Waals surface area contributed by atoms with Gasteiger partial charge in [-0.1, -0.05) is 13.2 Å². The van der Waals surface area contributed by atoms with Crippen LogP contribution in [0.4, 0.5) is 0 Å². The predicted molar refractivity (Wildman–Crippen MR) is 71.1 cm³/mol. The second kappa shape index (κ2) is 7.74. The molecule has 0 aromatic heterocycles. The summed E-state index contributed by atoms with van der Waals surface area (Å²) in [6.07, 6.45) is 0.299. The Morgan fingerprint density at radius 2 is 1.32 bits per heavy atom. The molecule has 0 saturated carbocycles. The molecular formula is C14H21O5. The summed E-state index contributed by atoms with van der Waals surface area (Å²) >= 11 is 0. The summed E-state index contributed by atoms with van der Waals surface area (Å²) in [6, 6.07) is 0. The first kappa shape index (κ1) is 17.4. The van der Waals surface area contributed by atoms with Gasteiger partial charge in [0.2, 0.25) is 0 Å². The highest BCUT2D eigenvalue weighted by molar-refractivity contribution is 5.87. The molecule has 5 heteroatoms. The van der Waals surface area contributed by atoms with Crippen LogP contribution in [0, 0.1) is 6.92 Å². The quantitative estimate of drug-likeness (QED) is 0.535. The Balaban J connectivity index is 3.92. The van der Waals surface area contributed by atoms with Gasteiger partial charge < -0.3 is 14.6 Å². The van der Waals surface area contributed by atoms with Crippen molar-refractivity contribution in [1.29, 1.82) is 0 Å². The van der Waals surface area contributed by atoms with Crippen LogP contribution < -0.4 is 0 Å². The van der Waals surface area contributed by atoms with Crippen molar-refractivity contribution < 1.29 is 24.2 Å². The summed E-state index contributed by atoms with van der Waals surface area (Å²) in [6.45, 7) is 13.6. The highest BCUT2D eigenvalue weighted by Crippen LogP contribution is 2.14. The molecule has 0 rings (SSSR count). The van der Waals surface area contributed by atoms with Crippen molar-refractivity contribution in [3.8, 4) is 0 Å². The van der Waals surface area contributed by atoms with E-state index in [0.717, 1.165) is 0 Å². The standard InChI is InChI=1S/C14H21O5/c1-10(2)12(15)18-8-6-14(5,17)7-9-19-13(16)11(3)4/h17H,1,3,5-9H2,2,4H3. The van der Waals surface area contributed by atoms with E-state index in [0.29, 0.717) is 11.1 Å². The van der Waals surface area contributed by atoms with Crippen LogP contribution >= 0.6 is 0 Å². The maximum absolute atomic E-state index is 11.1. The lowest BCUT2D eigenvalue weighted by Gasteiger charge is -2.22. The van der Waals surface area contributed by atoms with Crippen LogP contribution in [0.3, 0.4) is 0 Å². The molecule has 1 N–H and O–H groups in total. The first-order valence-corrected chi connectivity index (χ1v) is 5.89. The van der Waals surface area contributed by atoms with Gasteiger partial charge in [-0.05, 0) is 20.8 Å². The van der Waals surface area contributed by atoms with Crippen molar-refractivity contribution in [2.24, 2.45) is 0 Å². The molecule has 5 nitrogen and oxygen atoms in total. The third kappa shape index (κ3) is 8.15. The molecule has 0 aliphatic carbocycles. The number of rotatable bonds is 8. The SMILES string of the molecule is [CH2]C(O)(CCOC(=O)C(=C)C)CCOC(=O)C(=C)C. The molecule has 0 saturated heterocycles. The van der Waals surface area contributed by atoms with Gasteiger partial charge in [-0.15, -0.1) is 0 Å². The summed E-state index contributed by atoms with van der Waals surface area (Å²) in [4.78, 5) is 22.2. The van der Waals surface area contributed by atoms with Gasteiger partial charge in [0.15, 0.2) is 0 Å². The Bertz CT molecular complexity index is 334. The van der Waals surface area contributed by atoms with Gasteiger partial charge in [0.05, 0.1) is 18.8 Å². The molecule has 19 heavy (non-hydrogen) atoms. The second-order valence-electron chi connectivity index (χ2n) is 4.56. The number of aliphatic hydroxyl groups is 1. The molecule has 0 fully saturated rings. The van der Waals surface area contributed by atoms with E-state index in [2.05, 4.69) is 20.1 Å². The van der Waals surface area contributed by atoms with Crippen LogP contribution in [0.1, 0.15) is 26.7 Å². The molecular weight excluding hydrogens is 248 g/mol. The van der Waals surface area contributed by atoms with E-state index >= 15 is 0 Å². The molecule has 107 valence electrons. The minimum absolute atomic E-state index is 0.0279. The Morgan fingerprint density at radius 3 is 1.58 bits per heavy atom. The highest BCUT2D eigenvalue weighted by atomic mass is 16.5. The number of ether oxygens (including phenoxy) is 2. The minimum atomic E-state index is -1.31. The van der Waals surface area contributed by atoms with Crippen molar-refractivity contribution in [3.63, 3.8) is 0 Å². The van der Waals surface area contributed by atoms with E-state index in [1.165, 1.54) is 13.8 Å². The Labute approximate surface area is 113 Å². The second-order valence-corrected chi connectivity index (χ2v) is 4.56. The van der Waals surface area contributed by atoms with Gasteiger partial charge in [-0.2, -0.15) is 0 Å². The topological polar surface area (TPSA) is 72.8 Å². The van der Waals surface area contributed by atoms with Crippen molar-refractivity contribution in [2.45, 2.75) is 32.3 Å². The zero-order chi connectivity index (χ0) is 15.1. The lowest BCUT2D eigenvalue weighted by atomic mass is 9.99. The first-order valence-electron chi connectivity index (χ1n) is 5.89. The van der Waals surface area contributed by atoms with Crippen LogP contribution in [0.2, 0.25) is 0 Å². The van der Waals surface area contributed by atoms with Crippen molar-refractivity contribution >= 4 is 11.9 Å². The van der Waals surface area contributed by atoms with Crippen LogP contribution in [0.15, 0.2) is 24.3 Å². The molecule has 0 atom stereocenters. The molecule has 0 aliphatic heterocycles. The minimum Gasteiger partial charge on any atom is -0.462 e. The van der Waals surface area contributed by atoms with E-state index in [-0.39, 0.29) is 26.1 Å². The smallest absolute Gasteiger partial charge is 0.333 e. The lowest BCUT2D eigenvalue weighted by Crippen LogP contribution is -2.29. The predicted octanol–water partition coefficient (Wildman–Crippen LogP) is 1.57. The Hall–Kier alpha value is -1.62. The number of carbonyl (C=O) groups is 2. The van der Waals surface area contributed by atoms with E-state index in [4.69, 9.17) is 9.47 Å². The van der Waals surface area contributed by atoms with Crippen LogP contribution in [-0.2, 0) is 19.1 Å². The number of hydrogen-bond acceptors (Lipinski definition) is 5. The fourth-order valence-corrected chi connectivity index (χ4v) is 1.04. The fourth-order valence-electron chi connectivity index (χ4n) is 1.04. The number of esters is 2. The average Bonchev–Trinajstić information content (AvgIpc) is 2.27. The number of hydrogen-bond donors (Lipinski definition) is 1. The van der Waals surface area contributed by atoms with Gasteiger partial charge in [0, 0.05) is 24.0 Å². The summed E-state index contributed by atoms with van der Waals surface area (Å²) in [7, 11) is 0. The molecule has 0 unspecified atom stereocenters. The van der Waals surface area contributed by atoms with Crippen molar-refractivity contribution in [1.82, 2.24) is 0 Å². The maximum atomic E-state index is 11.1. The van der Waals surface area contributed by atoms with E-state index in [1.54, 1.807) is 0 Å². The van der Waals surface area contributed by atoms with E-state index < -0.39 is 17.5 Å². The van der Waals surface area contributed by atoms with Crippen LogP contribution in [-0.4, -0.2) is 35.9 Å². The summed E-state index contributed by atoms with van der Waals surface area (Å²) < 4.78 is 9.69. The monoisotopic (exact) mass is 269 g/mol. The van der Waals surface area contributed by atoms with Crippen molar-refractivity contribution in [2.75, 3.05) is 13.2 Å². The number of carbonyl (C=O) groups excluding carboxylic acids is 2. The van der Waals surface area contributed by atoms with Crippen LogP contribution in [0.5, 0.6) is 0 Å². The van der Waals surface area contributed by atoms with Gasteiger partial charge in [-0.3, -0.25) is 0 Å². The largest absolute Gasteiger partial charge is 0.462 e. The maximum Gasteiger partial charge on any atom is 0.333 e. The molecule has 0 bridgehead atoms. The normalized spacial score (nSPS) is 10.7. The molecule has 0 aromatic rings. The summed E-state index contributed by atoms with van der Waals surface area (Å²) in [5.74, 6) is -1.02. The first-order chi connectivity index (χ1) is 8.65. The average molecular weight is 269 g/mol. The van der Waals surface area contributed by atoms with Gasteiger partial charge in [0.25, 0.3) is 0 Å². The molecule has 1 radical (unpaired) electrons. The zero-order valence-electron chi connectivity index (χ0n) is 11.5.